The first-order valence-electron chi connectivity index (χ1n) is 5.54. The van der Waals surface area contributed by atoms with Gasteiger partial charge in [-0.1, -0.05) is 13.0 Å². The Morgan fingerprint density at radius 2 is 2.07 bits per heavy atom. The van der Waals surface area contributed by atoms with Crippen molar-refractivity contribution in [2.45, 2.75) is 26.8 Å². The summed E-state index contributed by atoms with van der Waals surface area (Å²) < 4.78 is 5.79. The van der Waals surface area contributed by atoms with E-state index in [1.165, 1.54) is 16.7 Å². The van der Waals surface area contributed by atoms with Crippen LogP contribution in [0.25, 0.3) is 0 Å². The number of hydrogen-bond acceptors (Lipinski definition) is 2. The third-order valence-electron chi connectivity index (χ3n) is 3.19. The van der Waals surface area contributed by atoms with Crippen LogP contribution in [-0.4, -0.2) is 13.7 Å². The van der Waals surface area contributed by atoms with Gasteiger partial charge in [0, 0.05) is 17.5 Å². The lowest BCUT2D eigenvalue weighted by atomic mass is 9.88. The van der Waals surface area contributed by atoms with Gasteiger partial charge in [-0.25, -0.2) is 0 Å². The molecule has 1 aliphatic heterocycles. The molecule has 0 amide bonds. The Morgan fingerprint density at radius 1 is 1.33 bits per heavy atom. The summed E-state index contributed by atoms with van der Waals surface area (Å²) in [7, 11) is 2.02. The predicted octanol–water partition coefficient (Wildman–Crippen LogP) is 2.59. The maximum absolute atomic E-state index is 5.79. The van der Waals surface area contributed by atoms with Gasteiger partial charge in [-0.05, 0) is 38.1 Å². The highest BCUT2D eigenvalue weighted by atomic mass is 16.5. The van der Waals surface area contributed by atoms with E-state index in [0.29, 0.717) is 12.0 Å². The van der Waals surface area contributed by atoms with E-state index in [1.807, 2.05) is 7.05 Å². The van der Waals surface area contributed by atoms with Crippen LogP contribution in [0.1, 0.15) is 29.7 Å². The van der Waals surface area contributed by atoms with Gasteiger partial charge in [-0.15, -0.1) is 0 Å². The van der Waals surface area contributed by atoms with Gasteiger partial charge in [0.05, 0.1) is 6.61 Å². The van der Waals surface area contributed by atoms with Gasteiger partial charge < -0.3 is 10.1 Å². The largest absolute Gasteiger partial charge is 0.493 e. The van der Waals surface area contributed by atoms with Crippen LogP contribution in [0.15, 0.2) is 12.1 Å². The Hall–Kier alpha value is -1.02. The van der Waals surface area contributed by atoms with Crippen LogP contribution in [0.4, 0.5) is 0 Å². The second-order valence-corrected chi connectivity index (χ2v) is 4.55. The first-order valence-corrected chi connectivity index (χ1v) is 5.54. The van der Waals surface area contributed by atoms with Crippen LogP contribution in [-0.2, 0) is 0 Å². The Kier molecular flexibility index (Phi) is 2.70. The Balaban J connectivity index is 2.52. The molecule has 0 saturated heterocycles. The van der Waals surface area contributed by atoms with Crippen molar-refractivity contribution in [2.24, 2.45) is 5.92 Å². The number of nitrogens with one attached hydrogen (secondary N) is 1. The van der Waals surface area contributed by atoms with E-state index in [0.717, 1.165) is 12.4 Å². The summed E-state index contributed by atoms with van der Waals surface area (Å²) in [5.74, 6) is 1.59. The normalized spacial score (nSPS) is 24.5. The summed E-state index contributed by atoms with van der Waals surface area (Å²) in [4.78, 5) is 0. The predicted molar refractivity (Wildman–Crippen MR) is 62.4 cm³/mol. The fourth-order valence-corrected chi connectivity index (χ4v) is 2.49. The molecule has 0 fully saturated rings. The first kappa shape index (κ1) is 10.5. The van der Waals surface area contributed by atoms with Gasteiger partial charge in [-0.3, -0.25) is 0 Å². The van der Waals surface area contributed by atoms with Crippen LogP contribution in [0, 0.1) is 19.8 Å². The molecular formula is C13H19NO. The summed E-state index contributed by atoms with van der Waals surface area (Å²) in [6.45, 7) is 7.31. The number of benzene rings is 1. The van der Waals surface area contributed by atoms with Crippen LogP contribution >= 0.6 is 0 Å². The molecule has 2 rings (SSSR count). The molecule has 0 saturated carbocycles. The molecular weight excluding hydrogens is 186 g/mol. The zero-order valence-corrected chi connectivity index (χ0v) is 9.92. The van der Waals surface area contributed by atoms with Crippen LogP contribution in [0.5, 0.6) is 5.75 Å². The monoisotopic (exact) mass is 205 g/mol. The van der Waals surface area contributed by atoms with Crippen molar-refractivity contribution in [3.05, 3.63) is 28.8 Å². The number of fused-ring (bicyclic) bond motifs is 1. The Bertz CT molecular complexity index is 373. The van der Waals surface area contributed by atoms with Crippen molar-refractivity contribution < 1.29 is 4.74 Å². The lowest BCUT2D eigenvalue weighted by Gasteiger charge is -2.32. The van der Waals surface area contributed by atoms with Gasteiger partial charge in [0.2, 0.25) is 0 Å². The van der Waals surface area contributed by atoms with Crippen molar-refractivity contribution in [2.75, 3.05) is 13.7 Å². The lowest BCUT2D eigenvalue weighted by molar-refractivity contribution is 0.192. The van der Waals surface area contributed by atoms with Gasteiger partial charge in [0.25, 0.3) is 0 Å². The standard InChI is InChI=1S/C13H19NO/c1-8-5-9(2)12-11(6-8)15-7-10(3)13(12)14-4/h5-6,10,13-14H,7H2,1-4H3. The minimum atomic E-state index is 0.425. The van der Waals surface area contributed by atoms with E-state index < -0.39 is 0 Å². The van der Waals surface area contributed by atoms with Gasteiger partial charge in [0.1, 0.15) is 5.75 Å². The topological polar surface area (TPSA) is 21.3 Å². The zero-order chi connectivity index (χ0) is 11.0. The van der Waals surface area contributed by atoms with Crippen molar-refractivity contribution in [1.82, 2.24) is 5.32 Å². The lowest BCUT2D eigenvalue weighted by Crippen LogP contribution is -2.32. The summed E-state index contributed by atoms with van der Waals surface area (Å²) in [6, 6.07) is 4.79. The van der Waals surface area contributed by atoms with Crippen LogP contribution in [0.3, 0.4) is 0 Å². The second-order valence-electron chi connectivity index (χ2n) is 4.55. The van der Waals surface area contributed by atoms with E-state index in [9.17, 15) is 0 Å². The van der Waals surface area contributed by atoms with Crippen molar-refractivity contribution in [3.63, 3.8) is 0 Å². The van der Waals surface area contributed by atoms with E-state index >= 15 is 0 Å². The fourth-order valence-electron chi connectivity index (χ4n) is 2.49. The second kappa shape index (κ2) is 3.86. The molecule has 1 aromatic rings. The third-order valence-corrected chi connectivity index (χ3v) is 3.19. The van der Waals surface area contributed by atoms with Crippen LogP contribution < -0.4 is 10.1 Å². The number of rotatable bonds is 1. The van der Waals surface area contributed by atoms with Crippen LogP contribution in [0.2, 0.25) is 0 Å². The van der Waals surface area contributed by atoms with E-state index in [4.69, 9.17) is 4.74 Å². The molecule has 1 N–H and O–H groups in total. The highest BCUT2D eigenvalue weighted by molar-refractivity contribution is 5.46. The molecule has 2 nitrogen and oxygen atoms in total. The highest BCUT2D eigenvalue weighted by Crippen LogP contribution is 2.37. The summed E-state index contributed by atoms with van der Waals surface area (Å²) in [5.41, 5.74) is 3.94. The molecule has 0 aromatic heterocycles. The van der Waals surface area contributed by atoms with E-state index in [1.54, 1.807) is 0 Å². The quantitative estimate of drug-likeness (QED) is 0.761. The molecule has 1 heterocycles. The fraction of sp³-hybridized carbons (Fsp3) is 0.538. The van der Waals surface area contributed by atoms with Crippen molar-refractivity contribution >= 4 is 0 Å². The summed E-state index contributed by atoms with van der Waals surface area (Å²) >= 11 is 0. The number of ether oxygens (including phenoxy) is 1. The Labute approximate surface area is 91.6 Å². The molecule has 2 atom stereocenters. The smallest absolute Gasteiger partial charge is 0.124 e. The molecule has 1 aliphatic rings. The number of hydrogen-bond donors (Lipinski definition) is 1. The van der Waals surface area contributed by atoms with E-state index in [-0.39, 0.29) is 0 Å². The summed E-state index contributed by atoms with van der Waals surface area (Å²) in [5, 5.41) is 3.39. The molecule has 82 valence electrons. The molecule has 0 aliphatic carbocycles. The maximum atomic E-state index is 5.79. The van der Waals surface area contributed by atoms with Gasteiger partial charge in [0.15, 0.2) is 0 Å². The SMILES string of the molecule is CNC1c2c(C)cc(C)cc2OCC1C. The minimum Gasteiger partial charge on any atom is -0.493 e. The third kappa shape index (κ3) is 1.74. The average molecular weight is 205 g/mol. The molecule has 2 unspecified atom stereocenters. The Morgan fingerprint density at radius 3 is 2.73 bits per heavy atom. The maximum Gasteiger partial charge on any atom is 0.124 e. The molecule has 15 heavy (non-hydrogen) atoms. The highest BCUT2D eigenvalue weighted by Gasteiger charge is 2.28. The van der Waals surface area contributed by atoms with Crippen molar-refractivity contribution in [3.8, 4) is 5.75 Å². The molecule has 2 heteroatoms. The molecule has 1 aromatic carbocycles. The summed E-state index contributed by atoms with van der Waals surface area (Å²) in [6.07, 6.45) is 0. The molecule has 0 spiro atoms. The first-order chi connectivity index (χ1) is 7.13. The minimum absolute atomic E-state index is 0.425. The van der Waals surface area contributed by atoms with Gasteiger partial charge in [-0.2, -0.15) is 0 Å². The average Bonchev–Trinajstić information content (AvgIpc) is 2.18. The zero-order valence-electron chi connectivity index (χ0n) is 9.92. The van der Waals surface area contributed by atoms with Gasteiger partial charge >= 0.3 is 0 Å². The molecule has 0 radical (unpaired) electrons. The number of aryl methyl sites for hydroxylation is 2. The van der Waals surface area contributed by atoms with E-state index in [2.05, 4.69) is 38.2 Å². The molecule has 0 bridgehead atoms. The van der Waals surface area contributed by atoms with Crippen molar-refractivity contribution in [1.29, 1.82) is 0 Å².